The van der Waals surface area contributed by atoms with Crippen molar-refractivity contribution in [2.45, 2.75) is 38.7 Å². The topological polar surface area (TPSA) is 21.3 Å². The van der Waals surface area contributed by atoms with Gasteiger partial charge in [0.15, 0.2) is 0 Å². The summed E-state index contributed by atoms with van der Waals surface area (Å²) in [6.07, 6.45) is 3.85. The van der Waals surface area contributed by atoms with Crippen LogP contribution in [0.15, 0.2) is 0 Å². The average Bonchev–Trinajstić information content (AvgIpc) is 2.07. The third-order valence-corrected chi connectivity index (χ3v) is 2.40. The first-order valence-corrected chi connectivity index (χ1v) is 4.76. The van der Waals surface area contributed by atoms with E-state index in [1.165, 1.54) is 25.8 Å². The molecule has 11 heavy (non-hydrogen) atoms. The lowest BCUT2D eigenvalue weighted by Crippen LogP contribution is -2.54. The molecule has 1 unspecified atom stereocenters. The summed E-state index contributed by atoms with van der Waals surface area (Å²) in [6, 6.07) is 0. The minimum Gasteiger partial charge on any atom is -0.373 e. The van der Waals surface area contributed by atoms with Crippen LogP contribution < -0.4 is 5.32 Å². The Morgan fingerprint density at radius 2 is 2.00 bits per heavy atom. The molecule has 2 fully saturated rings. The molecule has 1 N–H and O–H groups in total. The Bertz CT molecular complexity index is 102. The molecule has 2 aliphatic heterocycles. The Hall–Kier alpha value is -0.0800. The van der Waals surface area contributed by atoms with E-state index in [-0.39, 0.29) is 5.60 Å². The van der Waals surface area contributed by atoms with Gasteiger partial charge in [-0.1, -0.05) is 13.8 Å². The van der Waals surface area contributed by atoms with Gasteiger partial charge in [-0.15, -0.1) is 0 Å². The van der Waals surface area contributed by atoms with Crippen LogP contribution in [0, 0.1) is 0 Å². The molecular weight excluding hydrogens is 138 g/mol. The van der Waals surface area contributed by atoms with E-state index in [4.69, 9.17) is 4.74 Å². The van der Waals surface area contributed by atoms with Gasteiger partial charge >= 0.3 is 0 Å². The molecule has 0 bridgehead atoms. The molecule has 0 amide bonds. The molecule has 2 saturated heterocycles. The second-order valence-electron chi connectivity index (χ2n) is 3.06. The highest BCUT2D eigenvalue weighted by Crippen LogP contribution is 2.32. The van der Waals surface area contributed by atoms with Gasteiger partial charge in [0.05, 0.1) is 12.2 Å². The van der Waals surface area contributed by atoms with E-state index in [1.807, 2.05) is 13.8 Å². The number of ether oxygens (including phenoxy) is 1. The van der Waals surface area contributed by atoms with E-state index < -0.39 is 0 Å². The van der Waals surface area contributed by atoms with Gasteiger partial charge in [0.1, 0.15) is 0 Å². The lowest BCUT2D eigenvalue weighted by molar-refractivity contribution is -0.155. The third kappa shape index (κ3) is 1.94. The maximum atomic E-state index is 5.50. The summed E-state index contributed by atoms with van der Waals surface area (Å²) in [6.45, 7) is 7.26. The minimum atomic E-state index is 0.290. The molecule has 0 aliphatic carbocycles. The fourth-order valence-electron chi connectivity index (χ4n) is 1.67. The molecule has 2 rings (SSSR count). The third-order valence-electron chi connectivity index (χ3n) is 2.40. The molecular formula is C9H19NO. The molecule has 2 aliphatic rings. The normalized spacial score (nSPS) is 35.5. The Kier molecular flexibility index (Phi) is 3.34. The summed E-state index contributed by atoms with van der Waals surface area (Å²) in [5.74, 6) is 0. The summed E-state index contributed by atoms with van der Waals surface area (Å²) in [5.41, 5.74) is 0.290. The highest BCUT2D eigenvalue weighted by molar-refractivity contribution is 4.92. The molecule has 0 aromatic heterocycles. The smallest absolute Gasteiger partial charge is 0.0828 e. The molecule has 66 valence electrons. The number of nitrogens with one attached hydrogen (secondary N) is 1. The van der Waals surface area contributed by atoms with Crippen LogP contribution in [-0.2, 0) is 4.74 Å². The van der Waals surface area contributed by atoms with Gasteiger partial charge in [0, 0.05) is 13.0 Å². The summed E-state index contributed by atoms with van der Waals surface area (Å²) in [4.78, 5) is 0. The lowest BCUT2D eigenvalue weighted by Gasteiger charge is -2.44. The Labute approximate surface area is 69.3 Å². The van der Waals surface area contributed by atoms with Crippen molar-refractivity contribution < 1.29 is 4.74 Å². The predicted molar refractivity (Wildman–Crippen MR) is 46.8 cm³/mol. The average molecular weight is 157 g/mol. The molecule has 2 heterocycles. The zero-order valence-electron chi connectivity index (χ0n) is 7.65. The first-order chi connectivity index (χ1) is 5.41. The van der Waals surface area contributed by atoms with Crippen LogP contribution in [0.2, 0.25) is 0 Å². The summed E-state index contributed by atoms with van der Waals surface area (Å²) in [5, 5.41) is 3.35. The van der Waals surface area contributed by atoms with E-state index in [2.05, 4.69) is 5.32 Å². The summed E-state index contributed by atoms with van der Waals surface area (Å²) >= 11 is 0. The van der Waals surface area contributed by atoms with Crippen LogP contribution in [0.4, 0.5) is 0 Å². The largest absolute Gasteiger partial charge is 0.373 e. The number of hydrogen-bond acceptors (Lipinski definition) is 2. The molecule has 0 aromatic rings. The molecule has 1 atom stereocenters. The monoisotopic (exact) mass is 157 g/mol. The van der Waals surface area contributed by atoms with Crippen LogP contribution >= 0.6 is 0 Å². The quantitative estimate of drug-likeness (QED) is 0.576. The molecule has 0 saturated carbocycles. The van der Waals surface area contributed by atoms with E-state index in [0.29, 0.717) is 0 Å². The second-order valence-corrected chi connectivity index (χ2v) is 3.06. The molecule has 2 heteroatoms. The second kappa shape index (κ2) is 4.07. The maximum absolute atomic E-state index is 5.50. The Balaban J connectivity index is 0.000000281. The van der Waals surface area contributed by atoms with Gasteiger partial charge in [-0.2, -0.15) is 0 Å². The van der Waals surface area contributed by atoms with Crippen LogP contribution in [-0.4, -0.2) is 25.3 Å². The minimum absolute atomic E-state index is 0.290. The van der Waals surface area contributed by atoms with Crippen LogP contribution in [0.5, 0.6) is 0 Å². The van der Waals surface area contributed by atoms with E-state index >= 15 is 0 Å². The number of hydrogen-bond donors (Lipinski definition) is 1. The highest BCUT2D eigenvalue weighted by atomic mass is 16.5. The standard InChI is InChI=1S/C7H13NO.C2H6/c1-2-7(3-5-9-7)6-8-4-1;1-2/h8H,1-6H2;1-2H3. The van der Waals surface area contributed by atoms with Crippen molar-refractivity contribution in [2.24, 2.45) is 0 Å². The van der Waals surface area contributed by atoms with Crippen molar-refractivity contribution in [3.63, 3.8) is 0 Å². The van der Waals surface area contributed by atoms with Crippen LogP contribution in [0.25, 0.3) is 0 Å². The van der Waals surface area contributed by atoms with E-state index in [0.717, 1.165) is 13.2 Å². The predicted octanol–water partition coefficient (Wildman–Crippen LogP) is 1.56. The maximum Gasteiger partial charge on any atom is 0.0828 e. The van der Waals surface area contributed by atoms with Gasteiger partial charge in [-0.05, 0) is 19.4 Å². The number of rotatable bonds is 0. The first-order valence-electron chi connectivity index (χ1n) is 4.76. The van der Waals surface area contributed by atoms with Crippen molar-refractivity contribution in [2.75, 3.05) is 19.7 Å². The zero-order valence-corrected chi connectivity index (χ0v) is 7.65. The van der Waals surface area contributed by atoms with Crippen molar-refractivity contribution in [3.05, 3.63) is 0 Å². The fraction of sp³-hybridized carbons (Fsp3) is 1.00. The van der Waals surface area contributed by atoms with Crippen LogP contribution in [0.3, 0.4) is 0 Å². The van der Waals surface area contributed by atoms with Crippen LogP contribution in [0.1, 0.15) is 33.1 Å². The van der Waals surface area contributed by atoms with Crippen molar-refractivity contribution in [3.8, 4) is 0 Å². The SMILES string of the molecule is C1CNCC2(C1)CCO2.CC. The summed E-state index contributed by atoms with van der Waals surface area (Å²) < 4.78 is 5.50. The van der Waals surface area contributed by atoms with Crippen molar-refractivity contribution in [1.82, 2.24) is 5.32 Å². The number of piperidine rings is 1. The van der Waals surface area contributed by atoms with Crippen molar-refractivity contribution in [1.29, 1.82) is 0 Å². The zero-order chi connectivity index (χ0) is 8.16. The van der Waals surface area contributed by atoms with E-state index in [9.17, 15) is 0 Å². The highest BCUT2D eigenvalue weighted by Gasteiger charge is 2.38. The van der Waals surface area contributed by atoms with Gasteiger partial charge in [0.25, 0.3) is 0 Å². The lowest BCUT2D eigenvalue weighted by atomic mass is 9.87. The van der Waals surface area contributed by atoms with Crippen molar-refractivity contribution >= 4 is 0 Å². The molecule has 0 aromatic carbocycles. The Morgan fingerprint density at radius 3 is 2.27 bits per heavy atom. The van der Waals surface area contributed by atoms with Gasteiger partial charge in [-0.3, -0.25) is 0 Å². The van der Waals surface area contributed by atoms with Gasteiger partial charge in [0.2, 0.25) is 0 Å². The van der Waals surface area contributed by atoms with E-state index in [1.54, 1.807) is 0 Å². The van der Waals surface area contributed by atoms with Gasteiger partial charge in [-0.25, -0.2) is 0 Å². The van der Waals surface area contributed by atoms with Gasteiger partial charge < -0.3 is 10.1 Å². The fourth-order valence-corrected chi connectivity index (χ4v) is 1.67. The summed E-state index contributed by atoms with van der Waals surface area (Å²) in [7, 11) is 0. The molecule has 2 nitrogen and oxygen atoms in total. The molecule has 1 spiro atoms. The first kappa shape index (κ1) is 9.01. The molecule has 0 radical (unpaired) electrons. The Morgan fingerprint density at radius 1 is 1.27 bits per heavy atom.